The van der Waals surface area contributed by atoms with E-state index >= 15 is 0 Å². The molecule has 25 heavy (non-hydrogen) atoms. The summed E-state index contributed by atoms with van der Waals surface area (Å²) in [5, 5.41) is 18.2. The second kappa shape index (κ2) is 7.35. The molecular formula is C20H16N4O. The second-order valence-corrected chi connectivity index (χ2v) is 5.38. The molecule has 2 aromatic heterocycles. The molecule has 0 saturated heterocycles. The number of nitrogens with zero attached hydrogens (tertiary/aromatic N) is 2. The van der Waals surface area contributed by atoms with Crippen molar-refractivity contribution in [3.63, 3.8) is 0 Å². The summed E-state index contributed by atoms with van der Waals surface area (Å²) in [7, 11) is 0. The molecule has 2 heterocycles. The molecule has 122 valence electrons. The van der Waals surface area contributed by atoms with Crippen LogP contribution in [0.4, 0.5) is 5.82 Å². The molecule has 0 atom stereocenters. The molecule has 0 spiro atoms. The fraction of sp³-hybridized carbons (Fsp3) is 0.100. The highest BCUT2D eigenvalue weighted by Gasteiger charge is 2.13. The summed E-state index contributed by atoms with van der Waals surface area (Å²) in [6, 6.07) is 13.5. The van der Waals surface area contributed by atoms with E-state index in [2.05, 4.69) is 27.9 Å². The lowest BCUT2D eigenvalue weighted by molar-refractivity contribution is 0.305. The molecule has 5 heteroatoms. The number of anilines is 1. The van der Waals surface area contributed by atoms with Gasteiger partial charge in [-0.25, -0.2) is 4.98 Å². The summed E-state index contributed by atoms with van der Waals surface area (Å²) in [6.07, 6.45) is 4.09. The number of nitriles is 1. The summed E-state index contributed by atoms with van der Waals surface area (Å²) < 4.78 is 0. The second-order valence-electron chi connectivity index (χ2n) is 5.38. The monoisotopic (exact) mass is 328 g/mol. The Bertz CT molecular complexity index is 972. The zero-order valence-corrected chi connectivity index (χ0v) is 13.5. The van der Waals surface area contributed by atoms with E-state index in [1.807, 2.05) is 48.8 Å². The highest BCUT2D eigenvalue weighted by atomic mass is 16.2. The van der Waals surface area contributed by atoms with Crippen molar-refractivity contribution in [1.82, 2.24) is 9.97 Å². The number of aliphatic hydroxyl groups is 1. The Balaban J connectivity index is 2.04. The number of hydrogen-bond donors (Lipinski definition) is 3. The first-order chi connectivity index (χ1) is 12.2. The van der Waals surface area contributed by atoms with E-state index in [-0.39, 0.29) is 12.4 Å². The third-order valence-corrected chi connectivity index (χ3v) is 3.72. The Morgan fingerprint density at radius 3 is 2.60 bits per heavy atom. The number of rotatable bonds is 3. The maximum Gasteiger partial charge on any atom is 0.142 e. The van der Waals surface area contributed by atoms with Crippen molar-refractivity contribution < 1.29 is 5.11 Å². The highest BCUT2D eigenvalue weighted by molar-refractivity contribution is 5.80. The zero-order valence-electron chi connectivity index (χ0n) is 13.5. The van der Waals surface area contributed by atoms with Gasteiger partial charge in [0.1, 0.15) is 17.5 Å². The van der Waals surface area contributed by atoms with E-state index in [0.29, 0.717) is 17.7 Å². The predicted molar refractivity (Wildman–Crippen MR) is 97.2 cm³/mol. The van der Waals surface area contributed by atoms with Crippen molar-refractivity contribution in [2.45, 2.75) is 6.42 Å². The predicted octanol–water partition coefficient (Wildman–Crippen LogP) is 2.93. The van der Waals surface area contributed by atoms with E-state index in [0.717, 1.165) is 22.3 Å². The Morgan fingerprint density at radius 2 is 1.96 bits per heavy atom. The van der Waals surface area contributed by atoms with E-state index in [1.165, 1.54) is 0 Å². The first-order valence-electron chi connectivity index (χ1n) is 7.77. The average Bonchev–Trinajstić information content (AvgIpc) is 3.16. The summed E-state index contributed by atoms with van der Waals surface area (Å²) >= 11 is 0. The van der Waals surface area contributed by atoms with Gasteiger partial charge in [0.15, 0.2) is 0 Å². The molecule has 0 amide bonds. The van der Waals surface area contributed by atoms with Gasteiger partial charge in [-0.2, -0.15) is 5.26 Å². The van der Waals surface area contributed by atoms with Crippen molar-refractivity contribution >= 4 is 5.82 Å². The standard InChI is InChI=1S/C20H16N4O/c21-12-18-17(11-19(24-20(18)22)16-8-9-23-13-16)15-6-4-14(5-7-15)3-1-2-10-25/h4-9,11,13,23,25H,2,10H2,(H2,22,24). The SMILES string of the molecule is N#Cc1c(-c2ccc(C#CCCO)cc2)cc(-c2cc[nH]c2)nc1N. The van der Waals surface area contributed by atoms with Crippen molar-refractivity contribution in [1.29, 1.82) is 5.26 Å². The molecule has 3 aromatic rings. The molecule has 0 unspecified atom stereocenters. The molecule has 1 aromatic carbocycles. The third kappa shape index (κ3) is 3.53. The number of benzene rings is 1. The van der Waals surface area contributed by atoms with Gasteiger partial charge >= 0.3 is 0 Å². The number of nitrogen functional groups attached to an aromatic ring is 1. The number of nitrogens with two attached hydrogens (primary N) is 1. The van der Waals surface area contributed by atoms with Crippen LogP contribution in [0.2, 0.25) is 0 Å². The van der Waals surface area contributed by atoms with Gasteiger partial charge in [-0.15, -0.1) is 0 Å². The number of nitrogens with one attached hydrogen (secondary N) is 1. The van der Waals surface area contributed by atoms with Crippen LogP contribution in [-0.4, -0.2) is 21.7 Å². The summed E-state index contributed by atoms with van der Waals surface area (Å²) in [6.45, 7) is 0.0504. The lowest BCUT2D eigenvalue weighted by atomic mass is 9.98. The van der Waals surface area contributed by atoms with Gasteiger partial charge in [0, 0.05) is 35.5 Å². The third-order valence-electron chi connectivity index (χ3n) is 3.72. The normalized spacial score (nSPS) is 9.92. The number of aliphatic hydroxyl groups excluding tert-OH is 1. The van der Waals surface area contributed by atoms with Gasteiger partial charge in [-0.1, -0.05) is 24.0 Å². The van der Waals surface area contributed by atoms with Crippen LogP contribution in [0.15, 0.2) is 48.8 Å². The fourth-order valence-electron chi connectivity index (χ4n) is 2.49. The minimum atomic E-state index is 0.0504. The molecule has 0 aliphatic rings. The zero-order chi connectivity index (χ0) is 17.6. The maximum absolute atomic E-state index is 9.46. The fourth-order valence-corrected chi connectivity index (χ4v) is 2.49. The average molecular weight is 328 g/mol. The Hall–Kier alpha value is -3.54. The number of aromatic amines is 1. The van der Waals surface area contributed by atoms with E-state index in [4.69, 9.17) is 10.8 Å². The maximum atomic E-state index is 9.46. The van der Waals surface area contributed by atoms with Crippen molar-refractivity contribution in [2.75, 3.05) is 12.3 Å². The van der Waals surface area contributed by atoms with Gasteiger partial charge in [-0.3, -0.25) is 0 Å². The topological polar surface area (TPSA) is 98.7 Å². The molecular weight excluding hydrogens is 312 g/mol. The van der Waals surface area contributed by atoms with Gasteiger partial charge in [0.05, 0.1) is 12.3 Å². The van der Waals surface area contributed by atoms with Crippen LogP contribution in [0, 0.1) is 23.2 Å². The lowest BCUT2D eigenvalue weighted by Gasteiger charge is -2.09. The molecule has 3 rings (SSSR count). The minimum absolute atomic E-state index is 0.0504. The van der Waals surface area contributed by atoms with E-state index in [9.17, 15) is 5.26 Å². The molecule has 0 saturated carbocycles. The number of pyridine rings is 1. The van der Waals surface area contributed by atoms with Crippen LogP contribution in [0.25, 0.3) is 22.4 Å². The van der Waals surface area contributed by atoms with Crippen LogP contribution in [-0.2, 0) is 0 Å². The van der Waals surface area contributed by atoms with Crippen LogP contribution in [0.3, 0.4) is 0 Å². The Labute approximate surface area is 145 Å². The van der Waals surface area contributed by atoms with E-state index in [1.54, 1.807) is 0 Å². The van der Waals surface area contributed by atoms with Gasteiger partial charge in [0.25, 0.3) is 0 Å². The Morgan fingerprint density at radius 1 is 1.16 bits per heavy atom. The molecule has 4 N–H and O–H groups in total. The number of hydrogen-bond acceptors (Lipinski definition) is 4. The minimum Gasteiger partial charge on any atom is -0.395 e. The number of aromatic nitrogens is 2. The van der Waals surface area contributed by atoms with Gasteiger partial charge < -0.3 is 15.8 Å². The van der Waals surface area contributed by atoms with Crippen molar-refractivity contribution in [3.8, 4) is 40.3 Å². The summed E-state index contributed by atoms with van der Waals surface area (Å²) in [5.41, 5.74) is 10.4. The van der Waals surface area contributed by atoms with Crippen LogP contribution < -0.4 is 5.73 Å². The van der Waals surface area contributed by atoms with Crippen LogP contribution in [0.5, 0.6) is 0 Å². The summed E-state index contributed by atoms with van der Waals surface area (Å²) in [5.74, 6) is 6.08. The molecule has 0 bridgehead atoms. The molecule has 0 aliphatic carbocycles. The quantitative estimate of drug-likeness (QED) is 0.644. The lowest BCUT2D eigenvalue weighted by Crippen LogP contribution is -1.99. The highest BCUT2D eigenvalue weighted by Crippen LogP contribution is 2.31. The van der Waals surface area contributed by atoms with E-state index < -0.39 is 0 Å². The van der Waals surface area contributed by atoms with Crippen LogP contribution >= 0.6 is 0 Å². The smallest absolute Gasteiger partial charge is 0.142 e. The summed E-state index contributed by atoms with van der Waals surface area (Å²) in [4.78, 5) is 7.32. The molecule has 0 fully saturated rings. The first kappa shape index (κ1) is 16.3. The Kier molecular flexibility index (Phi) is 4.80. The van der Waals surface area contributed by atoms with Gasteiger partial charge in [0.2, 0.25) is 0 Å². The van der Waals surface area contributed by atoms with Crippen LogP contribution in [0.1, 0.15) is 17.5 Å². The molecule has 0 radical (unpaired) electrons. The number of H-pyrrole nitrogens is 1. The molecule has 5 nitrogen and oxygen atoms in total. The van der Waals surface area contributed by atoms with Crippen molar-refractivity contribution in [3.05, 3.63) is 59.9 Å². The van der Waals surface area contributed by atoms with Gasteiger partial charge in [-0.05, 0) is 29.8 Å². The first-order valence-corrected chi connectivity index (χ1v) is 7.77. The van der Waals surface area contributed by atoms with Crippen molar-refractivity contribution in [2.24, 2.45) is 0 Å². The largest absolute Gasteiger partial charge is 0.395 e. The molecule has 0 aliphatic heterocycles.